The molecule has 0 unspecified atom stereocenters. The Morgan fingerprint density at radius 3 is 2.12 bits per heavy atom. The Balaban J connectivity index is 1.47. The van der Waals surface area contributed by atoms with Crippen LogP contribution in [0.4, 0.5) is 0 Å². The Morgan fingerprint density at radius 2 is 1.65 bits per heavy atom. The first kappa shape index (κ1) is 11.9. The molecule has 2 bridgehead atoms. The Bertz CT molecular complexity index is 249. The van der Waals surface area contributed by atoms with E-state index < -0.39 is 6.48 Å². The summed E-state index contributed by atoms with van der Waals surface area (Å²) in [6, 6.07) is 0. The van der Waals surface area contributed by atoms with E-state index in [0.717, 1.165) is 26.2 Å². The van der Waals surface area contributed by atoms with Gasteiger partial charge in [-0.2, -0.15) is 0 Å². The fraction of sp³-hybridized carbons (Fsp3) is 1.00. The standard InChI is InChI=1S/C12H20O5/c1-2-11(3-13-4-11)5-14-6-12-7-15-10(16-8-12)17-9-12/h10H,2-9H2,1H3. The number of fused-ring (bicyclic) bond motifs is 3. The van der Waals surface area contributed by atoms with E-state index in [4.69, 9.17) is 23.7 Å². The second kappa shape index (κ2) is 4.48. The molecule has 0 saturated carbocycles. The molecule has 5 heteroatoms. The molecule has 0 aromatic heterocycles. The second-order valence-electron chi connectivity index (χ2n) is 5.56. The zero-order chi connectivity index (χ0) is 11.8. The fourth-order valence-corrected chi connectivity index (χ4v) is 2.39. The van der Waals surface area contributed by atoms with E-state index in [2.05, 4.69) is 6.92 Å². The number of hydrogen-bond donors (Lipinski definition) is 0. The van der Waals surface area contributed by atoms with Crippen molar-refractivity contribution in [2.45, 2.75) is 19.8 Å². The van der Waals surface area contributed by atoms with Crippen LogP contribution in [-0.4, -0.2) is 52.7 Å². The van der Waals surface area contributed by atoms with Gasteiger partial charge in [-0.15, -0.1) is 0 Å². The summed E-state index contributed by atoms with van der Waals surface area (Å²) in [6.07, 6.45) is 1.10. The van der Waals surface area contributed by atoms with E-state index in [1.54, 1.807) is 0 Å². The summed E-state index contributed by atoms with van der Waals surface area (Å²) in [6.45, 7) is 6.80. The number of hydrogen-bond acceptors (Lipinski definition) is 5. The molecule has 0 atom stereocenters. The molecule has 98 valence electrons. The van der Waals surface area contributed by atoms with Crippen molar-refractivity contribution < 1.29 is 23.7 Å². The minimum Gasteiger partial charge on any atom is -0.380 e. The van der Waals surface area contributed by atoms with Gasteiger partial charge in [0.25, 0.3) is 6.48 Å². The third-order valence-corrected chi connectivity index (χ3v) is 3.96. The van der Waals surface area contributed by atoms with Gasteiger partial charge in [-0.25, -0.2) is 0 Å². The summed E-state index contributed by atoms with van der Waals surface area (Å²) in [4.78, 5) is 0. The van der Waals surface area contributed by atoms with Gasteiger partial charge >= 0.3 is 0 Å². The molecule has 4 aliphatic heterocycles. The lowest BCUT2D eigenvalue weighted by molar-refractivity contribution is -0.399. The van der Waals surface area contributed by atoms with Crippen LogP contribution in [0.5, 0.6) is 0 Å². The molecule has 0 aromatic rings. The fourth-order valence-electron chi connectivity index (χ4n) is 2.39. The summed E-state index contributed by atoms with van der Waals surface area (Å²) in [5, 5.41) is 0. The van der Waals surface area contributed by atoms with Crippen molar-refractivity contribution in [3.63, 3.8) is 0 Å². The lowest BCUT2D eigenvalue weighted by Gasteiger charge is -2.46. The van der Waals surface area contributed by atoms with Crippen LogP contribution in [0.15, 0.2) is 0 Å². The summed E-state index contributed by atoms with van der Waals surface area (Å²) in [7, 11) is 0. The highest BCUT2D eigenvalue weighted by molar-refractivity contribution is 4.87. The van der Waals surface area contributed by atoms with Crippen molar-refractivity contribution in [1.29, 1.82) is 0 Å². The minimum atomic E-state index is -0.445. The predicted molar refractivity (Wildman–Crippen MR) is 58.4 cm³/mol. The topological polar surface area (TPSA) is 46.2 Å². The molecular formula is C12H20O5. The lowest BCUT2D eigenvalue weighted by Crippen LogP contribution is -2.55. The molecule has 4 fully saturated rings. The van der Waals surface area contributed by atoms with Crippen LogP contribution < -0.4 is 0 Å². The van der Waals surface area contributed by atoms with Crippen molar-refractivity contribution in [3.05, 3.63) is 0 Å². The van der Waals surface area contributed by atoms with Gasteiger partial charge in [-0.3, -0.25) is 0 Å². The first-order valence-corrected chi connectivity index (χ1v) is 6.26. The second-order valence-corrected chi connectivity index (χ2v) is 5.56. The SMILES string of the molecule is CCC1(COCC23COC(OC2)OC3)COC1. The van der Waals surface area contributed by atoms with E-state index in [1.165, 1.54) is 0 Å². The van der Waals surface area contributed by atoms with E-state index in [9.17, 15) is 0 Å². The Hall–Kier alpha value is -0.200. The van der Waals surface area contributed by atoms with Crippen LogP contribution in [0.2, 0.25) is 0 Å². The normalized spacial score (nSPS) is 39.0. The minimum absolute atomic E-state index is 0.103. The largest absolute Gasteiger partial charge is 0.380 e. The van der Waals surface area contributed by atoms with Gasteiger partial charge in [0.1, 0.15) is 0 Å². The van der Waals surface area contributed by atoms with Crippen LogP contribution in [0.25, 0.3) is 0 Å². The maximum Gasteiger partial charge on any atom is 0.271 e. The number of ether oxygens (including phenoxy) is 5. The Kier molecular flexibility index (Phi) is 3.13. The summed E-state index contributed by atoms with van der Waals surface area (Å²) in [5.41, 5.74) is 0.138. The number of rotatable bonds is 5. The van der Waals surface area contributed by atoms with Crippen molar-refractivity contribution in [1.82, 2.24) is 0 Å². The van der Waals surface area contributed by atoms with Crippen LogP contribution >= 0.6 is 0 Å². The smallest absolute Gasteiger partial charge is 0.271 e. The van der Waals surface area contributed by atoms with Crippen molar-refractivity contribution in [3.8, 4) is 0 Å². The highest BCUT2D eigenvalue weighted by Crippen LogP contribution is 2.35. The quantitative estimate of drug-likeness (QED) is 0.715. The van der Waals surface area contributed by atoms with Crippen molar-refractivity contribution in [2.75, 3.05) is 46.2 Å². The molecule has 5 nitrogen and oxygen atoms in total. The zero-order valence-electron chi connectivity index (χ0n) is 10.3. The van der Waals surface area contributed by atoms with E-state index in [0.29, 0.717) is 26.4 Å². The van der Waals surface area contributed by atoms with Gasteiger partial charge in [-0.1, -0.05) is 6.92 Å². The van der Waals surface area contributed by atoms with Gasteiger partial charge in [-0.05, 0) is 6.42 Å². The van der Waals surface area contributed by atoms with Crippen LogP contribution in [0.3, 0.4) is 0 Å². The van der Waals surface area contributed by atoms with Gasteiger partial charge in [0.2, 0.25) is 0 Å². The molecule has 0 aliphatic carbocycles. The third kappa shape index (κ3) is 2.22. The molecule has 4 heterocycles. The molecule has 0 N–H and O–H groups in total. The predicted octanol–water partition coefficient (Wildman–Crippen LogP) is 0.777. The maximum absolute atomic E-state index is 5.87. The summed E-state index contributed by atoms with van der Waals surface area (Å²) < 4.78 is 27.3. The molecule has 0 radical (unpaired) electrons. The zero-order valence-corrected chi connectivity index (χ0v) is 10.3. The monoisotopic (exact) mass is 244 g/mol. The van der Waals surface area contributed by atoms with Gasteiger partial charge in [0.15, 0.2) is 0 Å². The van der Waals surface area contributed by atoms with E-state index in [1.807, 2.05) is 0 Å². The first-order chi connectivity index (χ1) is 8.26. The molecule has 4 rings (SSSR count). The summed E-state index contributed by atoms with van der Waals surface area (Å²) >= 11 is 0. The highest BCUT2D eigenvalue weighted by Gasteiger charge is 2.45. The molecule has 0 spiro atoms. The molecule has 0 amide bonds. The molecule has 4 aliphatic rings. The first-order valence-electron chi connectivity index (χ1n) is 6.26. The Labute approximate surface area is 101 Å². The summed E-state index contributed by atoms with van der Waals surface area (Å²) in [5.74, 6) is 0. The highest BCUT2D eigenvalue weighted by atomic mass is 16.9. The van der Waals surface area contributed by atoms with Crippen molar-refractivity contribution >= 4 is 0 Å². The maximum atomic E-state index is 5.87. The van der Waals surface area contributed by atoms with Crippen LogP contribution in [-0.2, 0) is 23.7 Å². The average Bonchev–Trinajstić information content (AvgIpc) is 2.35. The van der Waals surface area contributed by atoms with Gasteiger partial charge < -0.3 is 23.7 Å². The van der Waals surface area contributed by atoms with E-state index in [-0.39, 0.29) is 10.8 Å². The molecule has 0 aromatic carbocycles. The van der Waals surface area contributed by atoms with Crippen LogP contribution in [0.1, 0.15) is 13.3 Å². The molecule has 17 heavy (non-hydrogen) atoms. The molecular weight excluding hydrogens is 224 g/mol. The third-order valence-electron chi connectivity index (χ3n) is 3.96. The van der Waals surface area contributed by atoms with E-state index >= 15 is 0 Å². The molecule has 4 saturated heterocycles. The Morgan fingerprint density at radius 1 is 1.00 bits per heavy atom. The van der Waals surface area contributed by atoms with Gasteiger partial charge in [0.05, 0.1) is 51.7 Å². The van der Waals surface area contributed by atoms with Crippen molar-refractivity contribution in [2.24, 2.45) is 10.8 Å². The van der Waals surface area contributed by atoms with Crippen LogP contribution in [0, 0.1) is 10.8 Å². The van der Waals surface area contributed by atoms with Gasteiger partial charge in [0, 0.05) is 5.41 Å². The lowest BCUT2D eigenvalue weighted by atomic mass is 9.84. The average molecular weight is 244 g/mol.